The zero-order valence-electron chi connectivity index (χ0n) is 16.2. The molecular formula is C21H32N2O3. The van der Waals surface area contributed by atoms with Gasteiger partial charge in [0.2, 0.25) is 5.91 Å². The number of nitrogens with one attached hydrogen (secondary N) is 1. The number of ether oxygens (including phenoxy) is 1. The van der Waals surface area contributed by atoms with Crippen molar-refractivity contribution in [3.63, 3.8) is 0 Å². The molecule has 5 nitrogen and oxygen atoms in total. The van der Waals surface area contributed by atoms with Gasteiger partial charge in [-0.25, -0.2) is 4.79 Å². The Morgan fingerprint density at radius 3 is 2.31 bits per heavy atom. The lowest BCUT2D eigenvalue weighted by molar-refractivity contribution is -0.143. The van der Waals surface area contributed by atoms with Crippen molar-refractivity contribution in [1.29, 1.82) is 0 Å². The standard InChI is InChI=1S/C21H30N2O3.H2/c1-5-23(20(24)17-9-18(10-17)22-21(25)26-4)19-11-16(12-19)15-7-13(2)6-14(3)8-15;/h6-8,16-19H,5,9-12H2,1-4H3,(H,22,25);1H. The predicted octanol–water partition coefficient (Wildman–Crippen LogP) is 3.78. The predicted molar refractivity (Wildman–Crippen MR) is 103 cm³/mol. The Morgan fingerprint density at radius 2 is 1.77 bits per heavy atom. The Balaban J connectivity index is 0.00000261. The van der Waals surface area contributed by atoms with Crippen molar-refractivity contribution >= 4 is 12.0 Å². The van der Waals surface area contributed by atoms with E-state index in [-0.39, 0.29) is 19.3 Å². The van der Waals surface area contributed by atoms with Crippen LogP contribution in [0.15, 0.2) is 18.2 Å². The lowest BCUT2D eigenvalue weighted by Gasteiger charge is -2.46. The van der Waals surface area contributed by atoms with Gasteiger partial charge in [0, 0.05) is 26.0 Å². The second-order valence-electron chi connectivity index (χ2n) is 7.87. The van der Waals surface area contributed by atoms with E-state index in [0.717, 1.165) is 32.2 Å². The average molecular weight is 360 g/mol. The summed E-state index contributed by atoms with van der Waals surface area (Å²) in [6.45, 7) is 7.10. The van der Waals surface area contributed by atoms with E-state index in [1.54, 1.807) is 0 Å². The highest BCUT2D eigenvalue weighted by atomic mass is 16.5. The maximum atomic E-state index is 12.8. The molecule has 144 valence electrons. The van der Waals surface area contributed by atoms with Crippen molar-refractivity contribution < 1.29 is 15.8 Å². The molecule has 1 aromatic carbocycles. The molecule has 0 saturated heterocycles. The Hall–Kier alpha value is -2.04. The number of nitrogens with zero attached hydrogens (tertiary/aromatic N) is 1. The fraction of sp³-hybridized carbons (Fsp3) is 0.619. The molecule has 2 aliphatic rings. The lowest BCUT2D eigenvalue weighted by atomic mass is 9.73. The fourth-order valence-corrected chi connectivity index (χ4v) is 4.35. The number of aryl methyl sites for hydroxylation is 2. The maximum Gasteiger partial charge on any atom is 0.407 e. The van der Waals surface area contributed by atoms with Gasteiger partial charge in [0.05, 0.1) is 7.11 Å². The van der Waals surface area contributed by atoms with Crippen LogP contribution in [0.2, 0.25) is 0 Å². The van der Waals surface area contributed by atoms with Crippen LogP contribution in [0.5, 0.6) is 0 Å². The van der Waals surface area contributed by atoms with E-state index in [1.807, 2.05) is 0 Å². The molecule has 0 bridgehead atoms. The first kappa shape index (κ1) is 18.7. The van der Waals surface area contributed by atoms with Crippen LogP contribution in [0.25, 0.3) is 0 Å². The van der Waals surface area contributed by atoms with Gasteiger partial charge in [-0.1, -0.05) is 29.3 Å². The van der Waals surface area contributed by atoms with Gasteiger partial charge in [-0.3, -0.25) is 4.79 Å². The minimum absolute atomic E-state index is 0. The number of methoxy groups -OCH3 is 1. The summed E-state index contributed by atoms with van der Waals surface area (Å²) >= 11 is 0. The van der Waals surface area contributed by atoms with Crippen molar-refractivity contribution in [2.45, 2.75) is 64.5 Å². The third-order valence-electron chi connectivity index (χ3n) is 5.89. The van der Waals surface area contributed by atoms with E-state index in [4.69, 9.17) is 0 Å². The number of hydrogen-bond acceptors (Lipinski definition) is 3. The van der Waals surface area contributed by atoms with Gasteiger partial charge >= 0.3 is 6.09 Å². The highest BCUT2D eigenvalue weighted by Crippen LogP contribution is 2.42. The van der Waals surface area contributed by atoms with Crippen molar-refractivity contribution in [2.24, 2.45) is 5.92 Å². The summed E-state index contributed by atoms with van der Waals surface area (Å²) in [4.78, 5) is 26.1. The zero-order chi connectivity index (χ0) is 18.8. The molecule has 0 radical (unpaired) electrons. The molecule has 0 unspecified atom stereocenters. The number of amides is 2. The third-order valence-corrected chi connectivity index (χ3v) is 5.89. The minimum atomic E-state index is -0.413. The van der Waals surface area contributed by atoms with E-state index in [0.29, 0.717) is 12.0 Å². The molecule has 2 aliphatic carbocycles. The van der Waals surface area contributed by atoms with Crippen LogP contribution >= 0.6 is 0 Å². The van der Waals surface area contributed by atoms with E-state index in [9.17, 15) is 9.59 Å². The second kappa shape index (κ2) is 7.68. The molecule has 3 rings (SSSR count). The van der Waals surface area contributed by atoms with Gasteiger partial charge in [-0.05, 0) is 57.9 Å². The van der Waals surface area contributed by atoms with Crippen molar-refractivity contribution in [1.82, 2.24) is 10.2 Å². The quantitative estimate of drug-likeness (QED) is 0.869. The second-order valence-corrected chi connectivity index (χ2v) is 7.87. The average Bonchev–Trinajstić information content (AvgIpc) is 2.51. The Morgan fingerprint density at radius 1 is 1.15 bits per heavy atom. The van der Waals surface area contributed by atoms with Crippen LogP contribution in [-0.2, 0) is 9.53 Å². The van der Waals surface area contributed by atoms with Crippen molar-refractivity contribution in [2.75, 3.05) is 13.7 Å². The van der Waals surface area contributed by atoms with E-state index in [2.05, 4.69) is 53.9 Å². The molecule has 0 aromatic heterocycles. The molecular weight excluding hydrogens is 328 g/mol. The molecule has 2 fully saturated rings. The summed E-state index contributed by atoms with van der Waals surface area (Å²) in [7, 11) is 1.36. The number of hydrogen-bond donors (Lipinski definition) is 1. The fourth-order valence-electron chi connectivity index (χ4n) is 4.35. The Kier molecular flexibility index (Phi) is 5.54. The first-order chi connectivity index (χ1) is 12.4. The summed E-state index contributed by atoms with van der Waals surface area (Å²) in [5.41, 5.74) is 4.03. The molecule has 1 N–H and O–H groups in total. The molecule has 0 aliphatic heterocycles. The van der Waals surface area contributed by atoms with Gasteiger partial charge < -0.3 is 15.0 Å². The molecule has 26 heavy (non-hydrogen) atoms. The van der Waals surface area contributed by atoms with Gasteiger partial charge in [0.25, 0.3) is 0 Å². The number of rotatable bonds is 5. The van der Waals surface area contributed by atoms with Gasteiger partial charge in [-0.2, -0.15) is 0 Å². The molecule has 5 heteroatoms. The monoisotopic (exact) mass is 360 g/mol. The van der Waals surface area contributed by atoms with E-state index in [1.165, 1.54) is 23.8 Å². The smallest absolute Gasteiger partial charge is 0.407 e. The molecule has 1 aromatic rings. The topological polar surface area (TPSA) is 58.6 Å². The van der Waals surface area contributed by atoms with Crippen LogP contribution in [-0.4, -0.2) is 42.6 Å². The van der Waals surface area contributed by atoms with Crippen molar-refractivity contribution in [3.05, 3.63) is 34.9 Å². The minimum Gasteiger partial charge on any atom is -0.453 e. The largest absolute Gasteiger partial charge is 0.453 e. The number of carbonyl (C=O) groups is 2. The molecule has 0 atom stereocenters. The van der Waals surface area contributed by atoms with Gasteiger partial charge in [0.15, 0.2) is 0 Å². The lowest BCUT2D eigenvalue weighted by Crippen LogP contribution is -2.54. The summed E-state index contributed by atoms with van der Waals surface area (Å²) in [5, 5.41) is 2.77. The zero-order valence-corrected chi connectivity index (χ0v) is 16.2. The van der Waals surface area contributed by atoms with Gasteiger partial charge in [-0.15, -0.1) is 0 Å². The first-order valence-electron chi connectivity index (χ1n) is 9.64. The Labute approximate surface area is 157 Å². The van der Waals surface area contributed by atoms with Crippen LogP contribution in [0.1, 0.15) is 56.6 Å². The summed E-state index contributed by atoms with van der Waals surface area (Å²) < 4.78 is 4.61. The van der Waals surface area contributed by atoms with Gasteiger partial charge in [0.1, 0.15) is 0 Å². The number of alkyl carbamates (subject to hydrolysis) is 1. The first-order valence-corrected chi connectivity index (χ1v) is 9.64. The highest BCUT2D eigenvalue weighted by Gasteiger charge is 2.42. The Bertz CT molecular complexity index is 662. The molecule has 0 spiro atoms. The molecule has 2 saturated carbocycles. The third kappa shape index (κ3) is 3.87. The number of carbonyl (C=O) groups excluding carboxylic acids is 2. The summed E-state index contributed by atoms with van der Waals surface area (Å²) in [6, 6.07) is 7.18. The van der Waals surface area contributed by atoms with Crippen LogP contribution in [0.4, 0.5) is 4.79 Å². The number of benzene rings is 1. The molecule has 2 amide bonds. The van der Waals surface area contributed by atoms with Crippen LogP contribution in [0.3, 0.4) is 0 Å². The van der Waals surface area contributed by atoms with Crippen molar-refractivity contribution in [3.8, 4) is 0 Å². The normalized spacial score (nSPS) is 27.1. The highest BCUT2D eigenvalue weighted by molar-refractivity contribution is 5.81. The van der Waals surface area contributed by atoms with Crippen LogP contribution < -0.4 is 5.32 Å². The maximum absolute atomic E-state index is 12.8. The van der Waals surface area contributed by atoms with E-state index >= 15 is 0 Å². The molecule has 0 heterocycles. The SMILES string of the molecule is CCN(C(=O)C1CC(NC(=O)OC)C1)C1CC(c2cc(C)cc(C)c2)C1.[HH]. The summed E-state index contributed by atoms with van der Waals surface area (Å²) in [5.74, 6) is 0.854. The van der Waals surface area contributed by atoms with E-state index < -0.39 is 6.09 Å². The summed E-state index contributed by atoms with van der Waals surface area (Å²) in [6.07, 6.45) is 3.14. The van der Waals surface area contributed by atoms with Crippen LogP contribution in [0, 0.1) is 19.8 Å².